The molecule has 0 spiro atoms. The van der Waals surface area contributed by atoms with Crippen LogP contribution >= 0.6 is 0 Å². The predicted molar refractivity (Wildman–Crippen MR) is 83.8 cm³/mol. The van der Waals surface area contributed by atoms with Gasteiger partial charge < -0.3 is 15.4 Å². The van der Waals surface area contributed by atoms with Crippen LogP contribution in [0.4, 0.5) is 5.69 Å². The van der Waals surface area contributed by atoms with E-state index in [4.69, 9.17) is 10.5 Å². The molecule has 2 rings (SSSR count). The SMILES string of the molecule is CCCN(CC(=O)N1CCOCC1)Cc1cccc(N)c1. The number of rotatable bonds is 6. The zero-order valence-corrected chi connectivity index (χ0v) is 12.8. The van der Waals surface area contributed by atoms with E-state index in [0.29, 0.717) is 32.8 Å². The Morgan fingerprint density at radius 2 is 2.14 bits per heavy atom. The fourth-order valence-electron chi connectivity index (χ4n) is 2.58. The summed E-state index contributed by atoms with van der Waals surface area (Å²) >= 11 is 0. The maximum Gasteiger partial charge on any atom is 0.236 e. The van der Waals surface area contributed by atoms with Crippen molar-refractivity contribution in [3.05, 3.63) is 29.8 Å². The summed E-state index contributed by atoms with van der Waals surface area (Å²) in [7, 11) is 0. The highest BCUT2D eigenvalue weighted by Crippen LogP contribution is 2.10. The van der Waals surface area contributed by atoms with Gasteiger partial charge in [0.05, 0.1) is 19.8 Å². The minimum atomic E-state index is 0.190. The Hall–Kier alpha value is -1.59. The molecule has 1 aliphatic rings. The standard InChI is InChI=1S/C16H25N3O2/c1-2-6-18(12-14-4-3-5-15(17)11-14)13-16(20)19-7-9-21-10-8-19/h3-5,11H,2,6-10,12-13,17H2,1H3. The Labute approximate surface area is 126 Å². The first-order valence-electron chi connectivity index (χ1n) is 7.61. The van der Waals surface area contributed by atoms with Crippen molar-refractivity contribution in [2.24, 2.45) is 0 Å². The lowest BCUT2D eigenvalue weighted by Gasteiger charge is -2.30. The third-order valence-corrected chi connectivity index (χ3v) is 3.62. The summed E-state index contributed by atoms with van der Waals surface area (Å²) in [5, 5.41) is 0. The molecule has 1 amide bonds. The summed E-state index contributed by atoms with van der Waals surface area (Å²) < 4.78 is 5.29. The highest BCUT2D eigenvalue weighted by molar-refractivity contribution is 5.78. The highest BCUT2D eigenvalue weighted by Gasteiger charge is 2.19. The van der Waals surface area contributed by atoms with Crippen molar-refractivity contribution in [1.82, 2.24) is 9.80 Å². The minimum Gasteiger partial charge on any atom is -0.399 e. The van der Waals surface area contributed by atoms with Crippen LogP contribution in [0.1, 0.15) is 18.9 Å². The highest BCUT2D eigenvalue weighted by atomic mass is 16.5. The fraction of sp³-hybridized carbons (Fsp3) is 0.562. The van der Waals surface area contributed by atoms with Crippen molar-refractivity contribution < 1.29 is 9.53 Å². The van der Waals surface area contributed by atoms with Gasteiger partial charge in [0.1, 0.15) is 0 Å². The molecule has 5 heteroatoms. The van der Waals surface area contributed by atoms with Crippen molar-refractivity contribution >= 4 is 11.6 Å². The summed E-state index contributed by atoms with van der Waals surface area (Å²) in [6, 6.07) is 7.87. The van der Waals surface area contributed by atoms with Crippen molar-refractivity contribution in [3.8, 4) is 0 Å². The van der Waals surface area contributed by atoms with Gasteiger partial charge in [0.25, 0.3) is 0 Å². The molecule has 5 nitrogen and oxygen atoms in total. The molecule has 1 aliphatic heterocycles. The quantitative estimate of drug-likeness (QED) is 0.804. The first-order valence-corrected chi connectivity index (χ1v) is 7.61. The fourth-order valence-corrected chi connectivity index (χ4v) is 2.58. The molecule has 116 valence electrons. The van der Waals surface area contributed by atoms with Crippen LogP contribution in [0.5, 0.6) is 0 Å². The Kier molecular flexibility index (Phi) is 6.02. The van der Waals surface area contributed by atoms with Crippen LogP contribution in [0.3, 0.4) is 0 Å². The van der Waals surface area contributed by atoms with Gasteiger partial charge in [-0.2, -0.15) is 0 Å². The van der Waals surface area contributed by atoms with Gasteiger partial charge in [-0.3, -0.25) is 9.69 Å². The maximum atomic E-state index is 12.3. The Morgan fingerprint density at radius 3 is 2.81 bits per heavy atom. The van der Waals surface area contributed by atoms with Crippen molar-refractivity contribution in [1.29, 1.82) is 0 Å². The molecule has 0 unspecified atom stereocenters. The molecule has 2 N–H and O–H groups in total. The zero-order valence-electron chi connectivity index (χ0n) is 12.8. The normalized spacial score (nSPS) is 15.4. The van der Waals surface area contributed by atoms with E-state index in [-0.39, 0.29) is 5.91 Å². The number of anilines is 1. The summed E-state index contributed by atoms with van der Waals surface area (Å²) in [6.07, 6.45) is 1.03. The summed E-state index contributed by atoms with van der Waals surface area (Å²) in [4.78, 5) is 16.4. The van der Waals surface area contributed by atoms with Crippen LogP contribution in [0.25, 0.3) is 0 Å². The molecule has 1 fully saturated rings. The van der Waals surface area contributed by atoms with Gasteiger partial charge in [0.2, 0.25) is 5.91 Å². The number of carbonyl (C=O) groups is 1. The third kappa shape index (κ3) is 5.02. The predicted octanol–water partition coefficient (Wildman–Crippen LogP) is 1.34. The summed E-state index contributed by atoms with van der Waals surface area (Å²) in [5.74, 6) is 0.190. The number of hydrogen-bond acceptors (Lipinski definition) is 4. The van der Waals surface area contributed by atoms with E-state index >= 15 is 0 Å². The minimum absolute atomic E-state index is 0.190. The van der Waals surface area contributed by atoms with Crippen LogP contribution in [-0.2, 0) is 16.1 Å². The number of hydrogen-bond donors (Lipinski definition) is 1. The lowest BCUT2D eigenvalue weighted by molar-refractivity contribution is -0.136. The molecule has 1 saturated heterocycles. The van der Waals surface area contributed by atoms with Gasteiger partial charge in [-0.1, -0.05) is 19.1 Å². The molecule has 0 bridgehead atoms. The lowest BCUT2D eigenvalue weighted by Crippen LogP contribution is -2.45. The van der Waals surface area contributed by atoms with Crippen LogP contribution in [-0.4, -0.2) is 55.1 Å². The number of nitrogens with two attached hydrogens (primary N) is 1. The molecule has 1 aromatic carbocycles. The molecule has 0 atom stereocenters. The van der Waals surface area contributed by atoms with Gasteiger partial charge >= 0.3 is 0 Å². The van der Waals surface area contributed by atoms with E-state index in [1.54, 1.807) is 0 Å². The van der Waals surface area contributed by atoms with Crippen molar-refractivity contribution in [2.75, 3.05) is 45.1 Å². The van der Waals surface area contributed by atoms with E-state index in [2.05, 4.69) is 17.9 Å². The molecule has 0 aromatic heterocycles. The van der Waals surface area contributed by atoms with Crippen molar-refractivity contribution in [2.45, 2.75) is 19.9 Å². The van der Waals surface area contributed by atoms with Gasteiger partial charge in [-0.15, -0.1) is 0 Å². The Bertz CT molecular complexity index is 459. The summed E-state index contributed by atoms with van der Waals surface area (Å²) in [5.41, 5.74) is 7.74. The first-order chi connectivity index (χ1) is 10.2. The second-order valence-corrected chi connectivity index (χ2v) is 5.45. The monoisotopic (exact) mass is 291 g/mol. The topological polar surface area (TPSA) is 58.8 Å². The second-order valence-electron chi connectivity index (χ2n) is 5.45. The smallest absolute Gasteiger partial charge is 0.236 e. The third-order valence-electron chi connectivity index (χ3n) is 3.62. The Morgan fingerprint density at radius 1 is 1.38 bits per heavy atom. The summed E-state index contributed by atoms with van der Waals surface area (Å²) in [6.45, 7) is 6.96. The Balaban J connectivity index is 1.93. The van der Waals surface area contributed by atoms with E-state index in [1.807, 2.05) is 23.1 Å². The van der Waals surface area contributed by atoms with Crippen LogP contribution in [0, 0.1) is 0 Å². The first kappa shape index (κ1) is 15.8. The number of morpholine rings is 1. The van der Waals surface area contributed by atoms with Gasteiger partial charge in [0.15, 0.2) is 0 Å². The molecule has 0 saturated carbocycles. The van der Waals surface area contributed by atoms with E-state index < -0.39 is 0 Å². The van der Waals surface area contributed by atoms with Gasteiger partial charge in [0, 0.05) is 25.3 Å². The van der Waals surface area contributed by atoms with Crippen molar-refractivity contribution in [3.63, 3.8) is 0 Å². The largest absolute Gasteiger partial charge is 0.399 e. The van der Waals surface area contributed by atoms with Gasteiger partial charge in [-0.25, -0.2) is 0 Å². The molecular weight excluding hydrogens is 266 g/mol. The number of carbonyl (C=O) groups excluding carboxylic acids is 1. The molecule has 21 heavy (non-hydrogen) atoms. The molecular formula is C16H25N3O2. The molecule has 1 aromatic rings. The maximum absolute atomic E-state index is 12.3. The number of amides is 1. The average molecular weight is 291 g/mol. The van der Waals surface area contributed by atoms with Crippen LogP contribution < -0.4 is 5.73 Å². The van der Waals surface area contributed by atoms with E-state index in [9.17, 15) is 4.79 Å². The molecule has 0 aliphatic carbocycles. The average Bonchev–Trinajstić information content (AvgIpc) is 2.48. The number of ether oxygens (including phenoxy) is 1. The number of nitrogen functional groups attached to an aromatic ring is 1. The lowest BCUT2D eigenvalue weighted by atomic mass is 10.2. The van der Waals surface area contributed by atoms with Crippen LogP contribution in [0.15, 0.2) is 24.3 Å². The van der Waals surface area contributed by atoms with Gasteiger partial charge in [-0.05, 0) is 30.7 Å². The number of nitrogens with zero attached hydrogens (tertiary/aromatic N) is 2. The second kappa shape index (κ2) is 8.00. The van der Waals surface area contributed by atoms with Crippen LogP contribution in [0.2, 0.25) is 0 Å². The molecule has 0 radical (unpaired) electrons. The number of benzene rings is 1. The zero-order chi connectivity index (χ0) is 15.1. The van der Waals surface area contributed by atoms with E-state index in [1.165, 1.54) is 0 Å². The molecule has 1 heterocycles. The van der Waals surface area contributed by atoms with E-state index in [0.717, 1.165) is 30.8 Å².